The SMILES string of the molecule is CCc1ccc(NC(=O)c2ccc(-c3nc4ccc(C)cc4[nH]3)cc2)cc1. The fourth-order valence-corrected chi connectivity index (χ4v) is 3.07. The number of hydrogen-bond donors (Lipinski definition) is 2. The van der Waals surface area contributed by atoms with Crippen LogP contribution in [0.4, 0.5) is 5.69 Å². The van der Waals surface area contributed by atoms with E-state index in [0.29, 0.717) is 5.56 Å². The highest BCUT2D eigenvalue weighted by atomic mass is 16.1. The lowest BCUT2D eigenvalue weighted by molar-refractivity contribution is 0.102. The normalized spacial score (nSPS) is 10.9. The molecule has 2 N–H and O–H groups in total. The highest BCUT2D eigenvalue weighted by molar-refractivity contribution is 6.04. The second-order valence-corrected chi connectivity index (χ2v) is 6.69. The molecule has 0 saturated carbocycles. The van der Waals surface area contributed by atoms with E-state index in [2.05, 4.69) is 35.2 Å². The van der Waals surface area contributed by atoms with Gasteiger partial charge < -0.3 is 10.3 Å². The molecule has 4 rings (SSSR count). The molecular formula is C23H21N3O. The van der Waals surface area contributed by atoms with E-state index in [-0.39, 0.29) is 5.91 Å². The van der Waals surface area contributed by atoms with Gasteiger partial charge in [0.25, 0.3) is 5.91 Å². The molecule has 1 heterocycles. The zero-order valence-corrected chi connectivity index (χ0v) is 15.4. The van der Waals surface area contributed by atoms with Crippen LogP contribution in [0.2, 0.25) is 0 Å². The van der Waals surface area contributed by atoms with Crippen molar-refractivity contribution in [3.8, 4) is 11.4 Å². The number of aromatic nitrogens is 2. The number of fused-ring (bicyclic) bond motifs is 1. The van der Waals surface area contributed by atoms with E-state index < -0.39 is 0 Å². The first-order valence-electron chi connectivity index (χ1n) is 9.09. The summed E-state index contributed by atoms with van der Waals surface area (Å²) in [5, 5.41) is 2.93. The third kappa shape index (κ3) is 3.60. The molecule has 0 bridgehead atoms. The van der Waals surface area contributed by atoms with Gasteiger partial charge >= 0.3 is 0 Å². The third-order valence-corrected chi connectivity index (χ3v) is 4.68. The van der Waals surface area contributed by atoms with Crippen molar-refractivity contribution >= 4 is 22.6 Å². The molecule has 1 amide bonds. The number of aromatic amines is 1. The van der Waals surface area contributed by atoms with Crippen LogP contribution >= 0.6 is 0 Å². The van der Waals surface area contributed by atoms with Crippen molar-refractivity contribution in [1.29, 1.82) is 0 Å². The number of aryl methyl sites for hydroxylation is 2. The lowest BCUT2D eigenvalue weighted by Crippen LogP contribution is -2.11. The number of carbonyl (C=O) groups excluding carboxylic acids is 1. The summed E-state index contributed by atoms with van der Waals surface area (Å²) in [5.74, 6) is 0.684. The van der Waals surface area contributed by atoms with Gasteiger partial charge in [-0.05, 0) is 60.9 Å². The van der Waals surface area contributed by atoms with Gasteiger partial charge in [0.15, 0.2) is 0 Å². The smallest absolute Gasteiger partial charge is 0.255 e. The minimum atomic E-state index is -0.119. The number of imidazole rings is 1. The van der Waals surface area contributed by atoms with Crippen LogP contribution < -0.4 is 5.32 Å². The van der Waals surface area contributed by atoms with Crippen LogP contribution in [0.3, 0.4) is 0 Å². The van der Waals surface area contributed by atoms with Gasteiger partial charge in [0, 0.05) is 16.8 Å². The average Bonchev–Trinajstić information content (AvgIpc) is 3.12. The van der Waals surface area contributed by atoms with E-state index in [1.165, 1.54) is 11.1 Å². The average molecular weight is 355 g/mol. The van der Waals surface area contributed by atoms with Gasteiger partial charge in [-0.3, -0.25) is 4.79 Å². The van der Waals surface area contributed by atoms with Crippen LogP contribution in [0.25, 0.3) is 22.4 Å². The summed E-state index contributed by atoms with van der Waals surface area (Å²) in [5.41, 5.74) is 6.76. The molecule has 0 aliphatic heterocycles. The largest absolute Gasteiger partial charge is 0.338 e. The van der Waals surface area contributed by atoms with E-state index in [4.69, 9.17) is 0 Å². The van der Waals surface area contributed by atoms with Crippen LogP contribution in [0, 0.1) is 6.92 Å². The predicted molar refractivity (Wildman–Crippen MR) is 110 cm³/mol. The highest BCUT2D eigenvalue weighted by Crippen LogP contribution is 2.22. The first kappa shape index (κ1) is 17.0. The molecule has 0 atom stereocenters. The molecule has 0 unspecified atom stereocenters. The quantitative estimate of drug-likeness (QED) is 0.518. The Labute approximate surface area is 158 Å². The molecule has 0 radical (unpaired) electrons. The minimum Gasteiger partial charge on any atom is -0.338 e. The summed E-state index contributed by atoms with van der Waals surface area (Å²) in [4.78, 5) is 20.4. The second-order valence-electron chi connectivity index (χ2n) is 6.69. The lowest BCUT2D eigenvalue weighted by Gasteiger charge is -2.06. The molecule has 4 aromatic rings. The Balaban J connectivity index is 1.52. The van der Waals surface area contributed by atoms with Gasteiger partial charge in [-0.1, -0.05) is 37.3 Å². The molecule has 3 aromatic carbocycles. The van der Waals surface area contributed by atoms with Crippen molar-refractivity contribution in [2.24, 2.45) is 0 Å². The first-order valence-corrected chi connectivity index (χ1v) is 9.09. The van der Waals surface area contributed by atoms with Crippen LogP contribution in [-0.2, 0) is 6.42 Å². The number of hydrogen-bond acceptors (Lipinski definition) is 2. The Hall–Kier alpha value is -3.40. The van der Waals surface area contributed by atoms with Crippen LogP contribution in [0.5, 0.6) is 0 Å². The predicted octanol–water partition coefficient (Wildman–Crippen LogP) is 5.35. The summed E-state index contributed by atoms with van der Waals surface area (Å²) < 4.78 is 0. The van der Waals surface area contributed by atoms with Gasteiger partial charge in [0.1, 0.15) is 5.82 Å². The molecule has 1 aromatic heterocycles. The zero-order valence-electron chi connectivity index (χ0n) is 15.4. The molecule has 4 heteroatoms. The number of anilines is 1. The standard InChI is InChI=1S/C23H21N3O/c1-3-16-5-11-19(12-6-16)24-23(27)18-9-7-17(8-10-18)22-25-20-13-4-15(2)14-21(20)26-22/h4-14H,3H2,1-2H3,(H,24,27)(H,25,26). The summed E-state index contributed by atoms with van der Waals surface area (Å²) in [7, 11) is 0. The van der Waals surface area contributed by atoms with E-state index >= 15 is 0 Å². The van der Waals surface area contributed by atoms with Crippen molar-refractivity contribution < 1.29 is 4.79 Å². The molecule has 0 saturated heterocycles. The van der Waals surface area contributed by atoms with Gasteiger partial charge in [-0.15, -0.1) is 0 Å². The summed E-state index contributed by atoms with van der Waals surface area (Å²) >= 11 is 0. The fourth-order valence-electron chi connectivity index (χ4n) is 3.07. The molecule has 27 heavy (non-hydrogen) atoms. The number of amides is 1. The first-order chi connectivity index (χ1) is 13.1. The Morgan fingerprint density at radius 1 is 1.00 bits per heavy atom. The topological polar surface area (TPSA) is 57.8 Å². The van der Waals surface area contributed by atoms with E-state index in [0.717, 1.165) is 34.5 Å². The Morgan fingerprint density at radius 2 is 1.74 bits per heavy atom. The number of nitrogens with one attached hydrogen (secondary N) is 2. The van der Waals surface area contributed by atoms with Gasteiger partial charge in [0.05, 0.1) is 11.0 Å². The van der Waals surface area contributed by atoms with E-state index in [9.17, 15) is 4.79 Å². The molecule has 0 fully saturated rings. The summed E-state index contributed by atoms with van der Waals surface area (Å²) in [6, 6.07) is 21.5. The number of benzene rings is 3. The molecule has 0 aliphatic carbocycles. The van der Waals surface area contributed by atoms with E-state index in [1.807, 2.05) is 60.7 Å². The van der Waals surface area contributed by atoms with Crippen molar-refractivity contribution in [3.05, 3.63) is 83.4 Å². The molecule has 0 spiro atoms. The van der Waals surface area contributed by atoms with Crippen LogP contribution in [-0.4, -0.2) is 15.9 Å². The van der Waals surface area contributed by atoms with Gasteiger partial charge in [-0.25, -0.2) is 4.98 Å². The maximum Gasteiger partial charge on any atom is 0.255 e. The summed E-state index contributed by atoms with van der Waals surface area (Å²) in [6.07, 6.45) is 0.983. The van der Waals surface area contributed by atoms with Crippen molar-refractivity contribution in [3.63, 3.8) is 0 Å². The minimum absolute atomic E-state index is 0.119. The van der Waals surface area contributed by atoms with Crippen molar-refractivity contribution in [2.45, 2.75) is 20.3 Å². The number of rotatable bonds is 4. The van der Waals surface area contributed by atoms with Crippen molar-refractivity contribution in [2.75, 3.05) is 5.32 Å². The maximum absolute atomic E-state index is 12.5. The van der Waals surface area contributed by atoms with Crippen molar-refractivity contribution in [1.82, 2.24) is 9.97 Å². The third-order valence-electron chi connectivity index (χ3n) is 4.68. The van der Waals surface area contributed by atoms with E-state index in [1.54, 1.807) is 0 Å². The van der Waals surface area contributed by atoms with Gasteiger partial charge in [-0.2, -0.15) is 0 Å². The molecule has 134 valence electrons. The maximum atomic E-state index is 12.5. The Kier molecular flexibility index (Phi) is 4.47. The molecule has 0 aliphatic rings. The Bertz CT molecular complexity index is 1090. The highest BCUT2D eigenvalue weighted by Gasteiger charge is 2.09. The number of carbonyl (C=O) groups is 1. The number of nitrogens with zero attached hydrogens (tertiary/aromatic N) is 1. The fraction of sp³-hybridized carbons (Fsp3) is 0.130. The molecular weight excluding hydrogens is 334 g/mol. The zero-order chi connectivity index (χ0) is 18.8. The second kappa shape index (κ2) is 7.08. The van der Waals surface area contributed by atoms with Crippen LogP contribution in [0.1, 0.15) is 28.4 Å². The lowest BCUT2D eigenvalue weighted by atomic mass is 10.1. The van der Waals surface area contributed by atoms with Crippen LogP contribution in [0.15, 0.2) is 66.7 Å². The monoisotopic (exact) mass is 355 g/mol. The summed E-state index contributed by atoms with van der Waals surface area (Å²) in [6.45, 7) is 4.17. The number of H-pyrrole nitrogens is 1. The van der Waals surface area contributed by atoms with Gasteiger partial charge in [0.2, 0.25) is 0 Å². The molecule has 4 nitrogen and oxygen atoms in total. The Morgan fingerprint density at radius 3 is 2.44 bits per heavy atom.